The van der Waals surface area contributed by atoms with Crippen LogP contribution in [0.3, 0.4) is 0 Å². The number of piperidine rings is 1. The highest BCUT2D eigenvalue weighted by Crippen LogP contribution is 2.18. The molecule has 2 aromatic rings. The van der Waals surface area contributed by atoms with Crippen LogP contribution < -0.4 is 10.6 Å². The summed E-state index contributed by atoms with van der Waals surface area (Å²) in [4.78, 5) is 20.5. The maximum atomic E-state index is 12.0. The number of amides is 1. The summed E-state index contributed by atoms with van der Waals surface area (Å²) in [6, 6.07) is 16.5. The van der Waals surface area contributed by atoms with Crippen molar-refractivity contribution in [2.75, 3.05) is 34.2 Å². The molecule has 1 saturated heterocycles. The Morgan fingerprint density at radius 2 is 1.56 bits per heavy atom. The largest absolute Gasteiger partial charge is 0.352 e. The molecule has 1 heterocycles. The van der Waals surface area contributed by atoms with Gasteiger partial charge >= 0.3 is 0 Å². The zero-order chi connectivity index (χ0) is 22.9. The second kappa shape index (κ2) is 11.7. The van der Waals surface area contributed by atoms with Crippen molar-refractivity contribution in [2.24, 2.45) is 10.9 Å². The second-order valence-electron chi connectivity index (χ2n) is 8.97. The summed E-state index contributed by atoms with van der Waals surface area (Å²) in [5, 5.41) is 6.71. The number of aliphatic imine (C=N–C) groups is 1. The summed E-state index contributed by atoms with van der Waals surface area (Å²) in [5.41, 5.74) is 4.40. The minimum atomic E-state index is 0.0125. The molecule has 0 saturated carbocycles. The van der Waals surface area contributed by atoms with Crippen molar-refractivity contribution in [3.05, 3.63) is 70.8 Å². The number of benzene rings is 2. The molecule has 172 valence electrons. The smallest absolute Gasteiger partial charge is 0.253 e. The van der Waals surface area contributed by atoms with Crippen molar-refractivity contribution >= 4 is 11.9 Å². The minimum absolute atomic E-state index is 0.0125. The van der Waals surface area contributed by atoms with E-state index in [0.29, 0.717) is 12.1 Å². The Bertz CT molecular complexity index is 889. The molecule has 1 aliphatic heterocycles. The van der Waals surface area contributed by atoms with E-state index in [0.717, 1.165) is 30.5 Å². The molecule has 2 N–H and O–H groups in total. The molecule has 0 aliphatic carbocycles. The molecule has 1 unspecified atom stereocenters. The Kier molecular flexibility index (Phi) is 8.68. The van der Waals surface area contributed by atoms with Gasteiger partial charge in [-0.15, -0.1) is 0 Å². The van der Waals surface area contributed by atoms with Gasteiger partial charge in [0.25, 0.3) is 5.91 Å². The van der Waals surface area contributed by atoms with E-state index in [4.69, 9.17) is 0 Å². The number of likely N-dealkylation sites (tertiary alicyclic amines) is 1. The van der Waals surface area contributed by atoms with E-state index in [1.54, 1.807) is 26.0 Å². The average molecular weight is 436 g/mol. The van der Waals surface area contributed by atoms with E-state index in [-0.39, 0.29) is 5.91 Å². The third kappa shape index (κ3) is 7.09. The van der Waals surface area contributed by atoms with Crippen LogP contribution in [0, 0.1) is 5.92 Å². The number of hydrogen-bond donors (Lipinski definition) is 2. The number of carbonyl (C=O) groups excluding carboxylic acids is 1. The third-order valence-corrected chi connectivity index (χ3v) is 5.92. The normalized spacial score (nSPS) is 17.1. The zero-order valence-corrected chi connectivity index (χ0v) is 19.9. The Morgan fingerprint density at radius 1 is 1.00 bits per heavy atom. The van der Waals surface area contributed by atoms with Gasteiger partial charge in [-0.25, -0.2) is 0 Å². The van der Waals surface area contributed by atoms with Gasteiger partial charge < -0.3 is 15.5 Å². The molecule has 32 heavy (non-hydrogen) atoms. The Labute approximate surface area is 192 Å². The predicted octanol–water partition coefficient (Wildman–Crippen LogP) is 3.49. The summed E-state index contributed by atoms with van der Waals surface area (Å²) in [6.45, 7) is 7.17. The van der Waals surface area contributed by atoms with Crippen molar-refractivity contribution < 1.29 is 4.79 Å². The fraction of sp³-hybridized carbons (Fsp3) is 0.462. The van der Waals surface area contributed by atoms with E-state index in [2.05, 4.69) is 51.7 Å². The fourth-order valence-electron chi connectivity index (χ4n) is 4.07. The van der Waals surface area contributed by atoms with Gasteiger partial charge in [0, 0.05) is 52.9 Å². The zero-order valence-electron chi connectivity index (χ0n) is 19.9. The number of guanidine groups is 1. The minimum Gasteiger partial charge on any atom is -0.352 e. The van der Waals surface area contributed by atoms with Gasteiger partial charge in [0.05, 0.1) is 0 Å². The molecule has 0 aromatic heterocycles. The number of hydrogen-bond acceptors (Lipinski definition) is 3. The molecule has 0 spiro atoms. The molecule has 6 nitrogen and oxygen atoms in total. The summed E-state index contributed by atoms with van der Waals surface area (Å²) < 4.78 is 0. The van der Waals surface area contributed by atoms with Gasteiger partial charge in [0.15, 0.2) is 5.96 Å². The molecular formula is C26H37N5O. The van der Waals surface area contributed by atoms with E-state index >= 15 is 0 Å². The summed E-state index contributed by atoms with van der Waals surface area (Å²) in [5.74, 6) is 1.58. The number of rotatable bonds is 7. The van der Waals surface area contributed by atoms with E-state index in [1.807, 2.05) is 24.3 Å². The van der Waals surface area contributed by atoms with Gasteiger partial charge in [-0.05, 0) is 54.1 Å². The van der Waals surface area contributed by atoms with E-state index < -0.39 is 0 Å². The highest BCUT2D eigenvalue weighted by molar-refractivity contribution is 5.93. The van der Waals surface area contributed by atoms with Crippen molar-refractivity contribution in [3.63, 3.8) is 0 Å². The standard InChI is InChI=1S/C26H37N5O/c1-20-6-5-15-31(18-20)19-23-9-7-21(8-10-23)16-28-26(27-2)29-17-22-11-13-24(14-12-22)25(32)30(3)4/h7-14,20H,5-6,15-19H2,1-4H3,(H2,27,28,29). The first kappa shape index (κ1) is 23.8. The summed E-state index contributed by atoms with van der Waals surface area (Å²) in [6.07, 6.45) is 2.67. The molecular weight excluding hydrogens is 398 g/mol. The summed E-state index contributed by atoms with van der Waals surface area (Å²) in [7, 11) is 5.29. The predicted molar refractivity (Wildman–Crippen MR) is 132 cm³/mol. The fourth-order valence-corrected chi connectivity index (χ4v) is 4.07. The highest BCUT2D eigenvalue weighted by Gasteiger charge is 2.16. The maximum Gasteiger partial charge on any atom is 0.253 e. The topological polar surface area (TPSA) is 60.0 Å². The first-order chi connectivity index (χ1) is 15.4. The molecule has 2 aromatic carbocycles. The van der Waals surface area contributed by atoms with Gasteiger partial charge in [-0.3, -0.25) is 14.7 Å². The maximum absolute atomic E-state index is 12.0. The van der Waals surface area contributed by atoms with Crippen molar-refractivity contribution in [3.8, 4) is 0 Å². The van der Waals surface area contributed by atoms with Crippen LogP contribution in [0.1, 0.15) is 46.8 Å². The van der Waals surface area contributed by atoms with E-state index in [9.17, 15) is 4.79 Å². The third-order valence-electron chi connectivity index (χ3n) is 5.92. The lowest BCUT2D eigenvalue weighted by molar-refractivity contribution is 0.0827. The second-order valence-corrected chi connectivity index (χ2v) is 8.97. The Morgan fingerprint density at radius 3 is 2.09 bits per heavy atom. The molecule has 0 radical (unpaired) electrons. The van der Waals surface area contributed by atoms with Crippen LogP contribution in [-0.4, -0.2) is 55.9 Å². The Hall–Kier alpha value is -2.86. The molecule has 1 aliphatic rings. The van der Waals surface area contributed by atoms with Crippen LogP contribution in [-0.2, 0) is 19.6 Å². The van der Waals surface area contributed by atoms with Gasteiger partial charge in [0.2, 0.25) is 0 Å². The number of nitrogens with one attached hydrogen (secondary N) is 2. The SMILES string of the molecule is CN=C(NCc1ccc(CN2CCCC(C)C2)cc1)NCc1ccc(C(=O)N(C)C)cc1. The first-order valence-corrected chi connectivity index (χ1v) is 11.5. The number of nitrogens with zero attached hydrogens (tertiary/aromatic N) is 3. The van der Waals surface area contributed by atoms with Crippen LogP contribution in [0.4, 0.5) is 0 Å². The quantitative estimate of drug-likeness (QED) is 0.516. The molecule has 1 atom stereocenters. The molecule has 1 fully saturated rings. The molecule has 6 heteroatoms. The lowest BCUT2D eigenvalue weighted by atomic mass is 9.99. The van der Waals surface area contributed by atoms with Crippen LogP contribution in [0.2, 0.25) is 0 Å². The van der Waals surface area contributed by atoms with Gasteiger partial charge in [-0.2, -0.15) is 0 Å². The lowest BCUT2D eigenvalue weighted by Gasteiger charge is -2.30. The van der Waals surface area contributed by atoms with Crippen molar-refractivity contribution in [1.82, 2.24) is 20.4 Å². The summed E-state index contributed by atoms with van der Waals surface area (Å²) >= 11 is 0. The van der Waals surface area contributed by atoms with Crippen LogP contribution in [0.15, 0.2) is 53.5 Å². The van der Waals surface area contributed by atoms with Crippen molar-refractivity contribution in [2.45, 2.75) is 39.4 Å². The molecule has 3 rings (SSSR count). The highest BCUT2D eigenvalue weighted by atomic mass is 16.2. The molecule has 1 amide bonds. The van der Waals surface area contributed by atoms with Crippen LogP contribution in [0.5, 0.6) is 0 Å². The van der Waals surface area contributed by atoms with Crippen LogP contribution >= 0.6 is 0 Å². The van der Waals surface area contributed by atoms with Crippen LogP contribution in [0.25, 0.3) is 0 Å². The first-order valence-electron chi connectivity index (χ1n) is 11.5. The van der Waals surface area contributed by atoms with Gasteiger partial charge in [-0.1, -0.05) is 43.3 Å². The lowest BCUT2D eigenvalue weighted by Crippen LogP contribution is -2.36. The monoisotopic (exact) mass is 435 g/mol. The average Bonchev–Trinajstić information content (AvgIpc) is 2.80. The van der Waals surface area contributed by atoms with E-state index in [1.165, 1.54) is 37.1 Å². The van der Waals surface area contributed by atoms with Crippen molar-refractivity contribution in [1.29, 1.82) is 0 Å². The Balaban J connectivity index is 1.44. The van der Waals surface area contributed by atoms with Gasteiger partial charge in [0.1, 0.15) is 0 Å². The molecule has 0 bridgehead atoms. The number of carbonyl (C=O) groups is 1.